The maximum atomic E-state index is 9.41. The van der Waals surface area contributed by atoms with E-state index in [0.29, 0.717) is 11.7 Å². The average Bonchev–Trinajstić information content (AvgIpc) is 2.99. The highest BCUT2D eigenvalue weighted by atomic mass is 79.9. The molecule has 1 fully saturated rings. The van der Waals surface area contributed by atoms with E-state index >= 15 is 0 Å². The quantitative estimate of drug-likeness (QED) is 0.838. The van der Waals surface area contributed by atoms with Crippen LogP contribution in [0.4, 0.5) is 5.82 Å². The number of halogens is 1. The summed E-state index contributed by atoms with van der Waals surface area (Å²) >= 11 is 3.42. The summed E-state index contributed by atoms with van der Waals surface area (Å²) in [4.78, 5) is 3.81. The Bertz CT molecular complexity index is 686. The van der Waals surface area contributed by atoms with Crippen LogP contribution >= 0.6 is 15.9 Å². The molecule has 0 N–H and O–H groups in total. The zero-order valence-corrected chi connectivity index (χ0v) is 14.1. The Morgan fingerprint density at radius 3 is 2.73 bits per heavy atom. The minimum Gasteiger partial charge on any atom is -0.350 e. The van der Waals surface area contributed by atoms with Crippen molar-refractivity contribution < 1.29 is 0 Å². The number of aromatic nitrogens is 3. The zero-order chi connectivity index (χ0) is 15.5. The second kappa shape index (κ2) is 6.49. The maximum absolute atomic E-state index is 9.41. The Morgan fingerprint density at radius 2 is 2.05 bits per heavy atom. The summed E-state index contributed by atoms with van der Waals surface area (Å²) in [5, 5.41) is 18.4. The van der Waals surface area contributed by atoms with E-state index in [9.17, 15) is 5.26 Å². The van der Waals surface area contributed by atoms with Gasteiger partial charge in [-0.25, -0.2) is 0 Å². The van der Waals surface area contributed by atoms with Gasteiger partial charge in [-0.3, -0.25) is 0 Å². The van der Waals surface area contributed by atoms with Gasteiger partial charge in [-0.1, -0.05) is 22.9 Å². The highest BCUT2D eigenvalue weighted by molar-refractivity contribution is 9.10. The largest absolute Gasteiger partial charge is 0.350 e. The van der Waals surface area contributed by atoms with Crippen molar-refractivity contribution in [1.29, 1.82) is 5.26 Å². The summed E-state index contributed by atoms with van der Waals surface area (Å²) in [6.07, 6.45) is 4.62. The molecule has 1 aliphatic heterocycles. The first-order chi connectivity index (χ1) is 10.7. The molecule has 3 rings (SSSR count). The molecule has 1 atom stereocenters. The van der Waals surface area contributed by atoms with Crippen LogP contribution in [-0.2, 0) is 0 Å². The number of nitriles is 1. The number of anilines is 1. The Morgan fingerprint density at radius 1 is 1.27 bits per heavy atom. The molecule has 0 bridgehead atoms. The van der Waals surface area contributed by atoms with E-state index in [1.807, 2.05) is 24.3 Å². The topological polar surface area (TPSA) is 57.7 Å². The van der Waals surface area contributed by atoms with Crippen molar-refractivity contribution in [3.8, 4) is 11.8 Å². The van der Waals surface area contributed by atoms with Crippen molar-refractivity contribution in [3.05, 3.63) is 34.4 Å². The van der Waals surface area contributed by atoms with Crippen LogP contribution in [0.2, 0.25) is 0 Å². The Balaban J connectivity index is 1.98. The molecule has 2 aromatic rings. The summed E-state index contributed by atoms with van der Waals surface area (Å²) < 4.78 is 1.01. The van der Waals surface area contributed by atoms with Crippen molar-refractivity contribution in [2.45, 2.75) is 38.6 Å². The minimum absolute atomic E-state index is 0.406. The van der Waals surface area contributed by atoms with Crippen molar-refractivity contribution in [1.82, 2.24) is 15.0 Å². The van der Waals surface area contributed by atoms with Crippen LogP contribution in [0.1, 0.15) is 38.3 Å². The van der Waals surface area contributed by atoms with Gasteiger partial charge in [0.2, 0.25) is 5.69 Å². The monoisotopic (exact) mass is 359 g/mol. The number of piperidine rings is 1. The normalized spacial score (nSPS) is 18.2. The Labute approximate surface area is 138 Å². The summed E-state index contributed by atoms with van der Waals surface area (Å²) in [5.41, 5.74) is 1.26. The van der Waals surface area contributed by atoms with E-state index in [2.05, 4.69) is 44.0 Å². The van der Waals surface area contributed by atoms with Gasteiger partial charge in [0.25, 0.3) is 0 Å². The van der Waals surface area contributed by atoms with E-state index in [-0.39, 0.29) is 0 Å². The van der Waals surface area contributed by atoms with Crippen LogP contribution in [-0.4, -0.2) is 27.6 Å². The van der Waals surface area contributed by atoms with Gasteiger partial charge in [0.1, 0.15) is 6.07 Å². The van der Waals surface area contributed by atoms with Gasteiger partial charge in [0.05, 0.1) is 5.69 Å². The van der Waals surface area contributed by atoms with Crippen molar-refractivity contribution in [2.24, 2.45) is 0 Å². The van der Waals surface area contributed by atoms with Gasteiger partial charge < -0.3 is 4.90 Å². The lowest BCUT2D eigenvalue weighted by Gasteiger charge is -2.35. The molecular weight excluding hydrogens is 342 g/mol. The molecule has 1 saturated heterocycles. The molecule has 0 aliphatic carbocycles. The Kier molecular flexibility index (Phi) is 4.44. The number of rotatable bonds is 3. The van der Waals surface area contributed by atoms with Crippen molar-refractivity contribution in [2.75, 3.05) is 11.4 Å². The molecule has 0 radical (unpaired) electrons. The number of benzene rings is 1. The molecule has 114 valence electrons. The molecule has 0 unspecified atom stereocenters. The van der Waals surface area contributed by atoms with Gasteiger partial charge in [-0.15, -0.1) is 15.0 Å². The van der Waals surface area contributed by atoms with E-state index in [4.69, 9.17) is 0 Å². The van der Waals surface area contributed by atoms with E-state index in [1.165, 1.54) is 6.42 Å². The molecule has 2 heterocycles. The molecule has 6 heteroatoms. The average molecular weight is 360 g/mol. The molecule has 0 spiro atoms. The maximum Gasteiger partial charge on any atom is 0.207 e. The molecule has 22 heavy (non-hydrogen) atoms. The van der Waals surface area contributed by atoms with Crippen LogP contribution in [0.25, 0.3) is 5.69 Å². The fraction of sp³-hybridized carbons (Fsp3) is 0.438. The Hall–Kier alpha value is -1.87. The third-order valence-electron chi connectivity index (χ3n) is 4.13. The van der Waals surface area contributed by atoms with Crippen molar-refractivity contribution >= 4 is 21.7 Å². The van der Waals surface area contributed by atoms with Crippen molar-refractivity contribution in [3.63, 3.8) is 0 Å². The summed E-state index contributed by atoms with van der Waals surface area (Å²) in [7, 11) is 0. The van der Waals surface area contributed by atoms with Crippen LogP contribution in [0.5, 0.6) is 0 Å². The molecule has 0 saturated carbocycles. The first kappa shape index (κ1) is 15.0. The van der Waals surface area contributed by atoms with Crippen LogP contribution < -0.4 is 4.90 Å². The smallest absolute Gasteiger partial charge is 0.207 e. The predicted molar refractivity (Wildman–Crippen MR) is 89.1 cm³/mol. The van der Waals surface area contributed by atoms with E-state index in [0.717, 1.165) is 41.8 Å². The summed E-state index contributed by atoms with van der Waals surface area (Å²) in [6, 6.07) is 10.4. The first-order valence-corrected chi connectivity index (χ1v) is 8.42. The summed E-state index contributed by atoms with van der Waals surface area (Å²) in [5.74, 6) is 0.719. The third kappa shape index (κ3) is 2.86. The molecule has 1 aromatic carbocycles. The molecule has 1 aliphatic rings. The fourth-order valence-corrected chi connectivity index (χ4v) is 3.22. The van der Waals surface area contributed by atoms with Crippen LogP contribution in [0.15, 0.2) is 28.7 Å². The van der Waals surface area contributed by atoms with Gasteiger partial charge in [0.15, 0.2) is 5.82 Å². The molecule has 0 amide bonds. The molecule has 5 nitrogen and oxygen atoms in total. The zero-order valence-electron chi connectivity index (χ0n) is 12.5. The van der Waals surface area contributed by atoms with Crippen LogP contribution in [0, 0.1) is 11.3 Å². The standard InChI is InChI=1S/C16H18BrN5/c1-2-13-5-3-4-10-21(13)16-15(11-18)19-22(20-16)14-8-6-12(17)7-9-14/h6-9,13H,2-5,10H2,1H3/t13-/m0/s1. The fourth-order valence-electron chi connectivity index (χ4n) is 2.96. The van der Waals surface area contributed by atoms with Gasteiger partial charge >= 0.3 is 0 Å². The molecular formula is C16H18BrN5. The van der Waals surface area contributed by atoms with Gasteiger partial charge in [-0.05, 0) is 49.9 Å². The lowest BCUT2D eigenvalue weighted by molar-refractivity contribution is 0.446. The second-order valence-electron chi connectivity index (χ2n) is 5.50. The predicted octanol–water partition coefficient (Wildman–Crippen LogP) is 3.67. The lowest BCUT2D eigenvalue weighted by Crippen LogP contribution is -2.39. The summed E-state index contributed by atoms with van der Waals surface area (Å²) in [6.45, 7) is 3.14. The SMILES string of the molecule is CC[C@H]1CCCCN1c1nn(-c2ccc(Br)cc2)nc1C#N. The van der Waals surface area contributed by atoms with Gasteiger partial charge in [-0.2, -0.15) is 5.26 Å². The number of hydrogen-bond donors (Lipinski definition) is 0. The minimum atomic E-state index is 0.406. The number of hydrogen-bond acceptors (Lipinski definition) is 4. The van der Waals surface area contributed by atoms with Crippen LogP contribution in [0.3, 0.4) is 0 Å². The highest BCUT2D eigenvalue weighted by Gasteiger charge is 2.26. The highest BCUT2D eigenvalue weighted by Crippen LogP contribution is 2.27. The second-order valence-corrected chi connectivity index (χ2v) is 6.42. The van der Waals surface area contributed by atoms with E-state index < -0.39 is 0 Å². The number of nitrogens with zero attached hydrogens (tertiary/aromatic N) is 5. The molecule has 1 aromatic heterocycles. The lowest BCUT2D eigenvalue weighted by atomic mass is 10.00. The van der Waals surface area contributed by atoms with Gasteiger partial charge in [0, 0.05) is 17.1 Å². The third-order valence-corrected chi connectivity index (χ3v) is 4.66. The van der Waals surface area contributed by atoms with E-state index in [1.54, 1.807) is 4.80 Å². The first-order valence-electron chi connectivity index (χ1n) is 7.63.